The maximum atomic E-state index is 8.72. The molecule has 0 aromatic heterocycles. The van der Waals surface area contributed by atoms with Crippen LogP contribution in [0.5, 0.6) is 0 Å². The van der Waals surface area contributed by atoms with Crippen LogP contribution in [-0.4, -0.2) is 0 Å². The molecule has 2 nitrogen and oxygen atoms in total. The molecular formula is C14H9Cl3N2. The van der Waals surface area contributed by atoms with Crippen LogP contribution >= 0.6 is 34.8 Å². The number of nitrogens with zero attached hydrogens (tertiary/aromatic N) is 1. The molecule has 5 heteroatoms. The number of halogens is 3. The predicted molar refractivity (Wildman–Crippen MR) is 80.0 cm³/mol. The number of hydrogen-bond acceptors (Lipinski definition) is 2. The highest BCUT2D eigenvalue weighted by Gasteiger charge is 2.09. The first-order valence-electron chi connectivity index (χ1n) is 5.48. The summed E-state index contributed by atoms with van der Waals surface area (Å²) in [7, 11) is 0. The predicted octanol–water partition coefficient (Wildman–Crippen LogP) is 5.13. The van der Waals surface area contributed by atoms with E-state index in [1.807, 2.05) is 12.1 Å². The van der Waals surface area contributed by atoms with Crippen molar-refractivity contribution < 1.29 is 0 Å². The maximum Gasteiger partial charge on any atom is 0.0991 e. The van der Waals surface area contributed by atoms with Gasteiger partial charge in [-0.2, -0.15) is 5.26 Å². The van der Waals surface area contributed by atoms with E-state index < -0.39 is 0 Å². The van der Waals surface area contributed by atoms with Crippen LogP contribution in [0.3, 0.4) is 0 Å². The number of rotatable bonds is 3. The van der Waals surface area contributed by atoms with E-state index in [4.69, 9.17) is 40.1 Å². The lowest BCUT2D eigenvalue weighted by molar-refractivity contribution is 1.15. The summed E-state index contributed by atoms with van der Waals surface area (Å²) in [6, 6.07) is 12.6. The Labute approximate surface area is 126 Å². The molecule has 0 saturated carbocycles. The normalized spacial score (nSPS) is 10.0. The summed E-state index contributed by atoms with van der Waals surface area (Å²) in [6.07, 6.45) is 0. The minimum atomic E-state index is 0.454. The van der Waals surface area contributed by atoms with Crippen LogP contribution in [0.25, 0.3) is 0 Å². The van der Waals surface area contributed by atoms with Crippen molar-refractivity contribution in [2.75, 3.05) is 5.32 Å². The highest BCUT2D eigenvalue weighted by atomic mass is 35.5. The highest BCUT2D eigenvalue weighted by molar-refractivity contribution is 6.44. The third kappa shape index (κ3) is 3.33. The van der Waals surface area contributed by atoms with Crippen LogP contribution in [0.2, 0.25) is 15.1 Å². The Morgan fingerprint density at radius 1 is 0.947 bits per heavy atom. The molecule has 0 aliphatic rings. The summed E-state index contributed by atoms with van der Waals surface area (Å²) in [5.41, 5.74) is 2.25. The molecule has 0 spiro atoms. The molecule has 2 aromatic carbocycles. The third-order valence-electron chi connectivity index (χ3n) is 2.62. The molecule has 2 aromatic rings. The van der Waals surface area contributed by atoms with Crippen LogP contribution in [0.4, 0.5) is 5.69 Å². The number of anilines is 1. The van der Waals surface area contributed by atoms with Gasteiger partial charge >= 0.3 is 0 Å². The molecule has 2 rings (SSSR count). The van der Waals surface area contributed by atoms with Gasteiger partial charge in [0.2, 0.25) is 0 Å². The zero-order valence-corrected chi connectivity index (χ0v) is 12.0. The van der Waals surface area contributed by atoms with Crippen molar-refractivity contribution in [2.24, 2.45) is 0 Å². The fourth-order valence-electron chi connectivity index (χ4n) is 1.58. The first kappa shape index (κ1) is 14.0. The van der Waals surface area contributed by atoms with E-state index in [1.54, 1.807) is 24.3 Å². The largest absolute Gasteiger partial charge is 0.381 e. The van der Waals surface area contributed by atoms with Crippen molar-refractivity contribution in [2.45, 2.75) is 6.54 Å². The van der Waals surface area contributed by atoms with Crippen molar-refractivity contribution in [1.82, 2.24) is 0 Å². The Hall–Kier alpha value is -1.40. The van der Waals surface area contributed by atoms with E-state index in [-0.39, 0.29) is 0 Å². The third-order valence-corrected chi connectivity index (χ3v) is 3.82. The van der Waals surface area contributed by atoms with Gasteiger partial charge in [0.15, 0.2) is 0 Å². The Balaban J connectivity index is 2.14. The van der Waals surface area contributed by atoms with Crippen LogP contribution in [0.1, 0.15) is 11.1 Å². The summed E-state index contributed by atoms with van der Waals surface area (Å²) in [4.78, 5) is 0. The molecule has 96 valence electrons. The fraction of sp³-hybridized carbons (Fsp3) is 0.0714. The van der Waals surface area contributed by atoms with E-state index in [9.17, 15) is 0 Å². The molecule has 0 atom stereocenters. The van der Waals surface area contributed by atoms with Gasteiger partial charge in [0.05, 0.1) is 21.7 Å². The standard InChI is InChI=1S/C14H9Cl3N2/c15-12-5-6-13(16)14(17)11(12)8-19-10-3-1-9(7-18)2-4-10/h1-6,19H,8H2. The minimum absolute atomic E-state index is 0.454. The topological polar surface area (TPSA) is 35.8 Å². The summed E-state index contributed by atoms with van der Waals surface area (Å²) in [6.45, 7) is 0.462. The first-order chi connectivity index (χ1) is 9.11. The zero-order chi connectivity index (χ0) is 13.8. The average Bonchev–Trinajstić information content (AvgIpc) is 2.44. The van der Waals surface area contributed by atoms with Gasteiger partial charge in [0.1, 0.15) is 0 Å². The zero-order valence-electron chi connectivity index (χ0n) is 9.75. The van der Waals surface area contributed by atoms with Crippen molar-refractivity contribution in [1.29, 1.82) is 5.26 Å². The molecule has 0 saturated heterocycles. The molecule has 0 aliphatic heterocycles. The van der Waals surface area contributed by atoms with Crippen LogP contribution in [0, 0.1) is 11.3 Å². The molecule has 0 bridgehead atoms. The van der Waals surface area contributed by atoms with Crippen LogP contribution in [-0.2, 0) is 6.54 Å². The van der Waals surface area contributed by atoms with Crippen LogP contribution < -0.4 is 5.32 Å². The molecule has 1 N–H and O–H groups in total. The quantitative estimate of drug-likeness (QED) is 0.798. The Morgan fingerprint density at radius 2 is 1.58 bits per heavy atom. The monoisotopic (exact) mass is 310 g/mol. The van der Waals surface area contributed by atoms with E-state index >= 15 is 0 Å². The van der Waals surface area contributed by atoms with Gasteiger partial charge in [0.25, 0.3) is 0 Å². The second-order valence-corrected chi connectivity index (χ2v) is 5.06. The Bertz CT molecular complexity index is 630. The number of nitrogens with one attached hydrogen (secondary N) is 1. The van der Waals surface area contributed by atoms with Gasteiger partial charge in [-0.25, -0.2) is 0 Å². The Morgan fingerprint density at radius 3 is 2.21 bits per heavy atom. The van der Waals surface area contributed by atoms with Crippen molar-refractivity contribution in [3.05, 3.63) is 62.6 Å². The summed E-state index contributed by atoms with van der Waals surface area (Å²) in [5.74, 6) is 0. The summed E-state index contributed by atoms with van der Waals surface area (Å²) < 4.78 is 0. The van der Waals surface area contributed by atoms with Gasteiger partial charge < -0.3 is 5.32 Å². The summed E-state index contributed by atoms with van der Waals surface area (Å²) in [5, 5.41) is 13.4. The number of nitriles is 1. The maximum absolute atomic E-state index is 8.72. The summed E-state index contributed by atoms with van der Waals surface area (Å²) >= 11 is 18.2. The lowest BCUT2D eigenvalue weighted by Crippen LogP contribution is -2.01. The smallest absolute Gasteiger partial charge is 0.0991 e. The first-order valence-corrected chi connectivity index (χ1v) is 6.61. The van der Waals surface area contributed by atoms with Gasteiger partial charge in [-0.1, -0.05) is 34.8 Å². The second-order valence-electron chi connectivity index (χ2n) is 3.86. The van der Waals surface area contributed by atoms with Gasteiger partial charge in [-0.05, 0) is 36.4 Å². The SMILES string of the molecule is N#Cc1ccc(NCc2c(Cl)ccc(Cl)c2Cl)cc1. The van der Waals surface area contributed by atoms with Crippen molar-refractivity contribution in [3.63, 3.8) is 0 Å². The fourth-order valence-corrected chi connectivity index (χ4v) is 2.27. The van der Waals surface area contributed by atoms with Crippen LogP contribution in [0.15, 0.2) is 36.4 Å². The van der Waals surface area contributed by atoms with E-state index in [0.29, 0.717) is 27.2 Å². The minimum Gasteiger partial charge on any atom is -0.381 e. The molecule has 0 radical (unpaired) electrons. The van der Waals surface area contributed by atoms with Crippen molar-refractivity contribution in [3.8, 4) is 6.07 Å². The molecule has 0 amide bonds. The second kappa shape index (κ2) is 6.16. The molecule has 0 aliphatic carbocycles. The molecule has 0 fully saturated rings. The lowest BCUT2D eigenvalue weighted by Gasteiger charge is -2.11. The van der Waals surface area contributed by atoms with E-state index in [0.717, 1.165) is 11.3 Å². The molecule has 0 heterocycles. The van der Waals surface area contributed by atoms with Gasteiger partial charge in [-0.3, -0.25) is 0 Å². The van der Waals surface area contributed by atoms with Gasteiger partial charge in [0, 0.05) is 22.8 Å². The van der Waals surface area contributed by atoms with E-state index in [1.165, 1.54) is 0 Å². The molecule has 19 heavy (non-hydrogen) atoms. The van der Waals surface area contributed by atoms with Crippen molar-refractivity contribution >= 4 is 40.5 Å². The highest BCUT2D eigenvalue weighted by Crippen LogP contribution is 2.31. The molecular weight excluding hydrogens is 303 g/mol. The number of hydrogen-bond donors (Lipinski definition) is 1. The van der Waals surface area contributed by atoms with Gasteiger partial charge in [-0.15, -0.1) is 0 Å². The molecule has 0 unspecified atom stereocenters. The van der Waals surface area contributed by atoms with E-state index in [2.05, 4.69) is 11.4 Å². The Kier molecular flexibility index (Phi) is 4.55. The average molecular weight is 312 g/mol. The number of benzene rings is 2. The lowest BCUT2D eigenvalue weighted by atomic mass is 10.2.